The van der Waals surface area contributed by atoms with E-state index in [9.17, 15) is 0 Å². The third-order valence-electron chi connectivity index (χ3n) is 1.46. The smallest absolute Gasteiger partial charge is 0.0100 e. The van der Waals surface area contributed by atoms with E-state index in [1.54, 1.807) is 0 Å². The molecule has 1 aromatic carbocycles. The van der Waals surface area contributed by atoms with Crippen molar-refractivity contribution in [1.82, 2.24) is 0 Å². The minimum absolute atomic E-state index is 0.974. The Morgan fingerprint density at radius 1 is 1.14 bits per heavy atom. The predicted molar refractivity (Wildman–Crippen MR) is 67.8 cm³/mol. The van der Waals surface area contributed by atoms with Crippen LogP contribution in [0.1, 0.15) is 38.8 Å². The molecule has 1 aromatic rings. The first-order valence-electron chi connectivity index (χ1n) is 5.49. The zero-order chi connectivity index (χ0) is 11.4. The summed E-state index contributed by atoms with van der Waals surface area (Å²) in [5, 5.41) is 0. The summed E-state index contributed by atoms with van der Waals surface area (Å²) in [7, 11) is 0. The van der Waals surface area contributed by atoms with Crippen LogP contribution in [0.2, 0.25) is 0 Å². The molecule has 0 N–H and O–H groups in total. The Labute approximate surface area is 89.7 Å². The molecule has 14 heavy (non-hydrogen) atoms. The molecule has 0 heterocycles. The fraction of sp³-hybridized carbons (Fsp3) is 0.429. The standard InChI is InChI=1S/C10H12.2C2H6/c1-3-5-10-7-4-6-9(2)8-10;2*1-2/h3-4,6-8H,1,5H2,2H3;2*1-2H3. The molecule has 0 fully saturated rings. The molecule has 0 amide bonds. The second kappa shape index (κ2) is 12.0. The molecule has 0 saturated heterocycles. The third-order valence-corrected chi connectivity index (χ3v) is 1.46. The number of aryl methyl sites for hydroxylation is 1. The minimum atomic E-state index is 0.974. The van der Waals surface area contributed by atoms with Gasteiger partial charge in [0.05, 0.1) is 0 Å². The highest BCUT2D eigenvalue weighted by molar-refractivity contribution is 5.23. The van der Waals surface area contributed by atoms with Crippen molar-refractivity contribution in [2.45, 2.75) is 41.0 Å². The van der Waals surface area contributed by atoms with E-state index in [-0.39, 0.29) is 0 Å². The largest absolute Gasteiger partial charge is 0.103 e. The van der Waals surface area contributed by atoms with Gasteiger partial charge in [0, 0.05) is 0 Å². The lowest BCUT2D eigenvalue weighted by molar-refractivity contribution is 1.25. The van der Waals surface area contributed by atoms with Crippen molar-refractivity contribution in [2.75, 3.05) is 0 Å². The molecule has 0 heteroatoms. The summed E-state index contributed by atoms with van der Waals surface area (Å²) in [6, 6.07) is 8.48. The van der Waals surface area contributed by atoms with Gasteiger partial charge in [-0.2, -0.15) is 0 Å². The van der Waals surface area contributed by atoms with Gasteiger partial charge in [-0.25, -0.2) is 0 Å². The van der Waals surface area contributed by atoms with Gasteiger partial charge in [0.25, 0.3) is 0 Å². The highest BCUT2D eigenvalue weighted by atomic mass is 13.9. The van der Waals surface area contributed by atoms with Crippen LogP contribution in [-0.2, 0) is 6.42 Å². The van der Waals surface area contributed by atoms with Crippen LogP contribution in [0.15, 0.2) is 36.9 Å². The fourth-order valence-corrected chi connectivity index (χ4v) is 1.01. The highest BCUT2D eigenvalue weighted by Crippen LogP contribution is 2.04. The molecule has 0 aromatic heterocycles. The highest BCUT2D eigenvalue weighted by Gasteiger charge is 1.87. The Balaban J connectivity index is 0. The lowest BCUT2D eigenvalue weighted by Crippen LogP contribution is -1.80. The van der Waals surface area contributed by atoms with Crippen molar-refractivity contribution < 1.29 is 0 Å². The van der Waals surface area contributed by atoms with E-state index in [0.29, 0.717) is 0 Å². The minimum Gasteiger partial charge on any atom is -0.103 e. The van der Waals surface area contributed by atoms with Crippen LogP contribution in [0.5, 0.6) is 0 Å². The summed E-state index contributed by atoms with van der Waals surface area (Å²) in [4.78, 5) is 0. The SMILES string of the molecule is C=CCc1cccc(C)c1.CC.CC. The third kappa shape index (κ3) is 7.60. The summed E-state index contributed by atoms with van der Waals surface area (Å²) in [5.74, 6) is 0. The molecule has 80 valence electrons. The second-order valence-corrected chi connectivity index (χ2v) is 2.48. The van der Waals surface area contributed by atoms with Crippen LogP contribution in [-0.4, -0.2) is 0 Å². The van der Waals surface area contributed by atoms with Crippen LogP contribution in [0.3, 0.4) is 0 Å². The first kappa shape index (κ1) is 15.4. The average Bonchev–Trinajstić information content (AvgIpc) is 2.24. The molecule has 0 saturated carbocycles. The molecular weight excluding hydrogens is 168 g/mol. The fourth-order valence-electron chi connectivity index (χ4n) is 1.01. The maximum Gasteiger partial charge on any atom is -0.0100 e. The molecule has 0 aliphatic carbocycles. The van der Waals surface area contributed by atoms with Crippen LogP contribution in [0, 0.1) is 6.92 Å². The van der Waals surface area contributed by atoms with E-state index in [0.717, 1.165) is 6.42 Å². The first-order valence-corrected chi connectivity index (χ1v) is 5.49. The number of rotatable bonds is 2. The Hall–Kier alpha value is -1.04. The summed E-state index contributed by atoms with van der Waals surface area (Å²) in [5.41, 5.74) is 2.66. The summed E-state index contributed by atoms with van der Waals surface area (Å²) < 4.78 is 0. The Bertz CT molecular complexity index is 223. The number of hydrogen-bond donors (Lipinski definition) is 0. The quantitative estimate of drug-likeness (QED) is 0.592. The molecule has 0 bridgehead atoms. The van der Waals surface area contributed by atoms with E-state index >= 15 is 0 Å². The predicted octanol–water partition coefficient (Wildman–Crippen LogP) is 4.78. The van der Waals surface area contributed by atoms with Gasteiger partial charge in [-0.15, -0.1) is 6.58 Å². The maximum absolute atomic E-state index is 3.69. The lowest BCUT2D eigenvalue weighted by Gasteiger charge is -1.96. The van der Waals surface area contributed by atoms with Crippen molar-refractivity contribution in [3.05, 3.63) is 48.0 Å². The number of benzene rings is 1. The van der Waals surface area contributed by atoms with Crippen LogP contribution < -0.4 is 0 Å². The van der Waals surface area contributed by atoms with Crippen molar-refractivity contribution in [3.63, 3.8) is 0 Å². The molecule has 0 unspecified atom stereocenters. The molecule has 0 aliphatic heterocycles. The maximum atomic E-state index is 3.69. The zero-order valence-electron chi connectivity index (χ0n) is 10.3. The van der Waals surface area contributed by atoms with Crippen LogP contribution >= 0.6 is 0 Å². The van der Waals surface area contributed by atoms with Gasteiger partial charge in [-0.1, -0.05) is 63.6 Å². The van der Waals surface area contributed by atoms with Gasteiger partial charge in [0.1, 0.15) is 0 Å². The molecule has 0 radical (unpaired) electrons. The van der Waals surface area contributed by atoms with Gasteiger partial charge in [-0.05, 0) is 18.9 Å². The average molecular weight is 192 g/mol. The van der Waals surface area contributed by atoms with Gasteiger partial charge in [0.15, 0.2) is 0 Å². The Morgan fingerprint density at radius 2 is 1.71 bits per heavy atom. The molecule has 0 nitrogen and oxygen atoms in total. The van der Waals surface area contributed by atoms with Gasteiger partial charge in [-0.3, -0.25) is 0 Å². The van der Waals surface area contributed by atoms with Crippen molar-refractivity contribution in [2.24, 2.45) is 0 Å². The molecule has 0 aliphatic rings. The van der Waals surface area contributed by atoms with Crippen molar-refractivity contribution in [1.29, 1.82) is 0 Å². The van der Waals surface area contributed by atoms with E-state index in [1.807, 2.05) is 33.8 Å². The molecular formula is C14H24. The molecule has 1 rings (SSSR count). The van der Waals surface area contributed by atoms with Crippen molar-refractivity contribution in [3.8, 4) is 0 Å². The normalized spacial score (nSPS) is 7.50. The summed E-state index contributed by atoms with van der Waals surface area (Å²) in [6.45, 7) is 13.8. The van der Waals surface area contributed by atoms with Gasteiger partial charge >= 0.3 is 0 Å². The summed E-state index contributed by atoms with van der Waals surface area (Å²) in [6.07, 6.45) is 2.90. The molecule has 0 spiro atoms. The lowest BCUT2D eigenvalue weighted by atomic mass is 10.1. The summed E-state index contributed by atoms with van der Waals surface area (Å²) >= 11 is 0. The number of hydrogen-bond acceptors (Lipinski definition) is 0. The van der Waals surface area contributed by atoms with Crippen LogP contribution in [0.25, 0.3) is 0 Å². The first-order chi connectivity index (χ1) is 6.83. The van der Waals surface area contributed by atoms with Gasteiger partial charge < -0.3 is 0 Å². The van der Waals surface area contributed by atoms with E-state index in [2.05, 4.69) is 37.8 Å². The van der Waals surface area contributed by atoms with E-state index < -0.39 is 0 Å². The molecule has 0 atom stereocenters. The zero-order valence-corrected chi connectivity index (χ0v) is 10.3. The van der Waals surface area contributed by atoms with Crippen LogP contribution in [0.4, 0.5) is 0 Å². The van der Waals surface area contributed by atoms with E-state index in [1.165, 1.54) is 11.1 Å². The Kier molecular flexibility index (Phi) is 13.2. The topological polar surface area (TPSA) is 0 Å². The monoisotopic (exact) mass is 192 g/mol. The van der Waals surface area contributed by atoms with Crippen molar-refractivity contribution >= 4 is 0 Å². The Morgan fingerprint density at radius 3 is 2.14 bits per heavy atom. The van der Waals surface area contributed by atoms with Gasteiger partial charge in [0.2, 0.25) is 0 Å². The van der Waals surface area contributed by atoms with E-state index in [4.69, 9.17) is 0 Å². The second-order valence-electron chi connectivity index (χ2n) is 2.48. The number of allylic oxidation sites excluding steroid dienone is 1.